The number of rotatable bonds is 8. The summed E-state index contributed by atoms with van der Waals surface area (Å²) in [6.45, 7) is 4.83. The molecule has 7 heteroatoms. The Labute approximate surface area is 187 Å². The number of unbranched alkanes of at least 4 members (excludes halogenated alkanes) is 1. The molecule has 0 radical (unpaired) electrons. The van der Waals surface area contributed by atoms with Crippen LogP contribution in [0.2, 0.25) is 0 Å². The maximum absolute atomic E-state index is 12.3. The summed E-state index contributed by atoms with van der Waals surface area (Å²) in [5, 5.41) is 9.85. The molecule has 0 spiro atoms. The highest BCUT2D eigenvalue weighted by molar-refractivity contribution is 7.99. The fourth-order valence-electron chi connectivity index (χ4n) is 3.58. The summed E-state index contributed by atoms with van der Waals surface area (Å²) in [6, 6.07) is 18.6. The summed E-state index contributed by atoms with van der Waals surface area (Å²) < 4.78 is 7.44. The lowest BCUT2D eigenvalue weighted by Gasteiger charge is -2.26. The number of ether oxygens (including phenoxy) is 1. The topological polar surface area (TPSA) is 60.2 Å². The van der Waals surface area contributed by atoms with E-state index in [9.17, 15) is 4.79 Å². The number of benzene rings is 2. The Morgan fingerprint density at radius 1 is 1.00 bits per heavy atom. The SMILES string of the molecule is Cc1ccc(-n2c(SCCCCC(=O)N3CCOCC3)nnc2-c2ccccc2)cc1. The van der Waals surface area contributed by atoms with Crippen molar-refractivity contribution in [1.29, 1.82) is 0 Å². The number of nitrogens with zero attached hydrogens (tertiary/aromatic N) is 4. The molecule has 1 amide bonds. The molecule has 1 aromatic heterocycles. The molecular formula is C24H28N4O2S. The van der Waals surface area contributed by atoms with Gasteiger partial charge in [0.25, 0.3) is 0 Å². The van der Waals surface area contributed by atoms with Gasteiger partial charge in [0.05, 0.1) is 13.2 Å². The lowest BCUT2D eigenvalue weighted by molar-refractivity contribution is -0.135. The number of aryl methyl sites for hydroxylation is 1. The van der Waals surface area contributed by atoms with Crippen molar-refractivity contribution in [3.05, 3.63) is 60.2 Å². The van der Waals surface area contributed by atoms with Gasteiger partial charge in [-0.25, -0.2) is 0 Å². The second-order valence-electron chi connectivity index (χ2n) is 7.64. The summed E-state index contributed by atoms with van der Waals surface area (Å²) in [6.07, 6.45) is 2.44. The Kier molecular flexibility index (Phi) is 7.38. The number of thioether (sulfide) groups is 1. The molecule has 1 fully saturated rings. The Hall–Kier alpha value is -2.64. The largest absolute Gasteiger partial charge is 0.378 e. The summed E-state index contributed by atoms with van der Waals surface area (Å²) in [7, 11) is 0. The predicted molar refractivity (Wildman–Crippen MR) is 124 cm³/mol. The molecule has 0 atom stereocenters. The van der Waals surface area contributed by atoms with Crippen molar-refractivity contribution in [2.75, 3.05) is 32.1 Å². The highest BCUT2D eigenvalue weighted by Crippen LogP contribution is 2.28. The Bertz CT molecular complexity index is 983. The number of hydrogen-bond donors (Lipinski definition) is 0. The van der Waals surface area contributed by atoms with E-state index in [0.29, 0.717) is 19.6 Å². The Morgan fingerprint density at radius 2 is 1.74 bits per heavy atom. The molecule has 4 rings (SSSR count). The summed E-state index contributed by atoms with van der Waals surface area (Å²) in [5.74, 6) is 1.98. The minimum absolute atomic E-state index is 0.238. The first-order chi connectivity index (χ1) is 15.2. The van der Waals surface area contributed by atoms with Crippen LogP contribution in [-0.2, 0) is 9.53 Å². The van der Waals surface area contributed by atoms with Gasteiger partial charge in [0, 0.05) is 36.5 Å². The standard InChI is InChI=1S/C24H28N4O2S/c1-19-10-12-21(13-11-19)28-23(20-7-3-2-4-8-20)25-26-24(28)31-18-6-5-9-22(29)27-14-16-30-17-15-27/h2-4,7-8,10-13H,5-6,9,14-18H2,1H3. The monoisotopic (exact) mass is 436 g/mol. The van der Waals surface area contributed by atoms with Crippen molar-refractivity contribution >= 4 is 17.7 Å². The van der Waals surface area contributed by atoms with E-state index in [-0.39, 0.29) is 5.91 Å². The molecule has 0 bridgehead atoms. The molecule has 0 aliphatic carbocycles. The smallest absolute Gasteiger partial charge is 0.222 e. The third-order valence-electron chi connectivity index (χ3n) is 5.34. The van der Waals surface area contributed by atoms with Gasteiger partial charge in [-0.1, -0.05) is 59.8 Å². The summed E-state index contributed by atoms with van der Waals surface area (Å²) in [4.78, 5) is 14.2. The zero-order valence-electron chi connectivity index (χ0n) is 17.9. The molecule has 0 unspecified atom stereocenters. The number of amides is 1. The van der Waals surface area contributed by atoms with Crippen LogP contribution in [0, 0.1) is 6.92 Å². The van der Waals surface area contributed by atoms with Gasteiger partial charge in [0.15, 0.2) is 11.0 Å². The first kappa shape index (κ1) is 21.6. The zero-order chi connectivity index (χ0) is 21.5. The molecule has 3 aromatic rings. The zero-order valence-corrected chi connectivity index (χ0v) is 18.7. The van der Waals surface area contributed by atoms with Gasteiger partial charge < -0.3 is 9.64 Å². The van der Waals surface area contributed by atoms with Crippen molar-refractivity contribution in [1.82, 2.24) is 19.7 Å². The summed E-state index contributed by atoms with van der Waals surface area (Å²) in [5.41, 5.74) is 3.32. The first-order valence-corrected chi connectivity index (χ1v) is 11.8. The van der Waals surface area contributed by atoms with E-state index in [1.807, 2.05) is 23.1 Å². The highest BCUT2D eigenvalue weighted by Gasteiger charge is 2.17. The molecule has 1 aliphatic rings. The van der Waals surface area contributed by atoms with Gasteiger partial charge in [0.2, 0.25) is 5.91 Å². The predicted octanol–water partition coefficient (Wildman–Crippen LogP) is 4.36. The van der Waals surface area contributed by atoms with Crippen LogP contribution in [0.1, 0.15) is 24.8 Å². The van der Waals surface area contributed by atoms with E-state index < -0.39 is 0 Å². The average molecular weight is 437 g/mol. The van der Waals surface area contributed by atoms with Gasteiger partial charge in [-0.15, -0.1) is 10.2 Å². The fraction of sp³-hybridized carbons (Fsp3) is 0.375. The van der Waals surface area contributed by atoms with Crippen LogP contribution < -0.4 is 0 Å². The van der Waals surface area contributed by atoms with E-state index >= 15 is 0 Å². The summed E-state index contributed by atoms with van der Waals surface area (Å²) >= 11 is 1.69. The second-order valence-corrected chi connectivity index (χ2v) is 8.70. The third-order valence-corrected chi connectivity index (χ3v) is 6.35. The minimum Gasteiger partial charge on any atom is -0.378 e. The average Bonchev–Trinajstić information content (AvgIpc) is 3.24. The van der Waals surface area contributed by atoms with Crippen LogP contribution in [0.4, 0.5) is 0 Å². The second kappa shape index (κ2) is 10.6. The number of morpholine rings is 1. The van der Waals surface area contributed by atoms with Crippen molar-refractivity contribution < 1.29 is 9.53 Å². The third kappa shape index (κ3) is 5.54. The van der Waals surface area contributed by atoms with Crippen LogP contribution in [0.15, 0.2) is 59.8 Å². The molecule has 162 valence electrons. The Morgan fingerprint density at radius 3 is 2.48 bits per heavy atom. The fourth-order valence-corrected chi connectivity index (χ4v) is 4.53. The first-order valence-electron chi connectivity index (χ1n) is 10.8. The van der Waals surface area contributed by atoms with Crippen LogP contribution in [-0.4, -0.2) is 57.6 Å². The van der Waals surface area contributed by atoms with Gasteiger partial charge in [-0.3, -0.25) is 9.36 Å². The molecule has 31 heavy (non-hydrogen) atoms. The van der Waals surface area contributed by atoms with Crippen LogP contribution in [0.5, 0.6) is 0 Å². The molecule has 6 nitrogen and oxygen atoms in total. The highest BCUT2D eigenvalue weighted by atomic mass is 32.2. The molecule has 1 saturated heterocycles. The maximum Gasteiger partial charge on any atom is 0.222 e. The van der Waals surface area contributed by atoms with Crippen molar-refractivity contribution in [3.8, 4) is 17.1 Å². The lowest BCUT2D eigenvalue weighted by Crippen LogP contribution is -2.40. The van der Waals surface area contributed by atoms with E-state index in [2.05, 4.69) is 58.1 Å². The molecule has 0 N–H and O–H groups in total. The van der Waals surface area contributed by atoms with Gasteiger partial charge >= 0.3 is 0 Å². The molecule has 2 heterocycles. The van der Waals surface area contributed by atoms with Gasteiger partial charge in [-0.2, -0.15) is 0 Å². The molecule has 1 aliphatic heterocycles. The number of carbonyl (C=O) groups excluding carboxylic acids is 1. The quantitative estimate of drug-likeness (QED) is 0.388. The lowest BCUT2D eigenvalue weighted by atomic mass is 10.2. The van der Waals surface area contributed by atoms with Gasteiger partial charge in [-0.05, 0) is 31.9 Å². The minimum atomic E-state index is 0.238. The van der Waals surface area contributed by atoms with Crippen LogP contribution in [0.3, 0.4) is 0 Å². The molecular weight excluding hydrogens is 408 g/mol. The van der Waals surface area contributed by atoms with Crippen LogP contribution >= 0.6 is 11.8 Å². The number of aromatic nitrogens is 3. The number of hydrogen-bond acceptors (Lipinski definition) is 5. The van der Waals surface area contributed by atoms with Crippen molar-refractivity contribution in [2.45, 2.75) is 31.3 Å². The molecule has 0 saturated carbocycles. The van der Waals surface area contributed by atoms with Crippen LogP contribution in [0.25, 0.3) is 17.1 Å². The van der Waals surface area contributed by atoms with Gasteiger partial charge in [0.1, 0.15) is 0 Å². The maximum atomic E-state index is 12.3. The Balaban J connectivity index is 1.40. The van der Waals surface area contributed by atoms with E-state index in [0.717, 1.165) is 53.9 Å². The normalized spacial score (nSPS) is 14.0. The van der Waals surface area contributed by atoms with Crippen molar-refractivity contribution in [3.63, 3.8) is 0 Å². The van der Waals surface area contributed by atoms with E-state index in [4.69, 9.17) is 4.74 Å². The molecule has 2 aromatic carbocycles. The van der Waals surface area contributed by atoms with E-state index in [1.54, 1.807) is 11.8 Å². The number of carbonyl (C=O) groups is 1. The van der Waals surface area contributed by atoms with Crippen molar-refractivity contribution in [2.24, 2.45) is 0 Å². The van der Waals surface area contributed by atoms with E-state index in [1.165, 1.54) is 5.56 Å².